The van der Waals surface area contributed by atoms with E-state index in [-0.39, 0.29) is 12.2 Å². The molecule has 0 bridgehead atoms. The topological polar surface area (TPSA) is 43.1 Å². The molecule has 1 aromatic heterocycles. The molecule has 0 saturated carbocycles. The molecule has 0 unspecified atom stereocenters. The molecule has 0 radical (unpaired) electrons. The smallest absolute Gasteiger partial charge is 0.218 e. The van der Waals surface area contributed by atoms with Crippen molar-refractivity contribution in [1.82, 2.24) is 4.98 Å². The second-order valence-electron chi connectivity index (χ2n) is 3.33. The number of hydrogen-bond donors (Lipinski definition) is 0. The fraction of sp³-hybridized carbons (Fsp3) is 0.0769. The number of carbonyl (C=O) groups excluding carboxylic acids is 1. The summed E-state index contributed by atoms with van der Waals surface area (Å²) in [6.07, 6.45) is 3.29. The molecule has 3 heteroatoms. The van der Waals surface area contributed by atoms with Gasteiger partial charge in [-0.05, 0) is 6.08 Å². The Kier molecular flexibility index (Phi) is 2.96. The van der Waals surface area contributed by atoms with Gasteiger partial charge >= 0.3 is 0 Å². The lowest BCUT2D eigenvalue weighted by atomic mass is 10.1. The molecule has 1 aromatic carbocycles. The van der Waals surface area contributed by atoms with Crippen LogP contribution in [0.4, 0.5) is 0 Å². The SMILES string of the molecule is C=Cc1ncc(CC(=O)c2ccccc2)o1. The molecule has 0 fully saturated rings. The van der Waals surface area contributed by atoms with Crippen molar-refractivity contribution in [1.29, 1.82) is 0 Å². The van der Waals surface area contributed by atoms with Gasteiger partial charge in [0.1, 0.15) is 5.76 Å². The van der Waals surface area contributed by atoms with Gasteiger partial charge in [0.25, 0.3) is 0 Å². The standard InChI is InChI=1S/C13H11NO2/c1-2-13-14-9-11(16-13)8-12(15)10-6-4-3-5-7-10/h2-7,9H,1,8H2. The normalized spacial score (nSPS) is 10.0. The number of aromatic nitrogens is 1. The molecule has 80 valence electrons. The molecule has 0 aliphatic rings. The van der Waals surface area contributed by atoms with E-state index in [1.54, 1.807) is 18.3 Å². The maximum atomic E-state index is 11.8. The summed E-state index contributed by atoms with van der Waals surface area (Å²) in [5, 5.41) is 0. The van der Waals surface area contributed by atoms with Gasteiger partial charge in [0.15, 0.2) is 5.78 Å². The fourth-order valence-corrected chi connectivity index (χ4v) is 1.38. The predicted molar refractivity (Wildman–Crippen MR) is 61.1 cm³/mol. The molecule has 1 heterocycles. The Morgan fingerprint density at radius 1 is 1.38 bits per heavy atom. The van der Waals surface area contributed by atoms with Gasteiger partial charge < -0.3 is 4.42 Å². The zero-order valence-electron chi connectivity index (χ0n) is 8.72. The Bertz CT molecular complexity index is 500. The summed E-state index contributed by atoms with van der Waals surface area (Å²) >= 11 is 0. The van der Waals surface area contributed by atoms with Gasteiger partial charge in [-0.1, -0.05) is 36.9 Å². The van der Waals surface area contributed by atoms with Gasteiger partial charge in [-0.3, -0.25) is 4.79 Å². The van der Waals surface area contributed by atoms with Crippen molar-refractivity contribution in [3.05, 3.63) is 60.3 Å². The lowest BCUT2D eigenvalue weighted by Crippen LogP contribution is -2.02. The van der Waals surface area contributed by atoms with Crippen molar-refractivity contribution in [3.8, 4) is 0 Å². The molecule has 2 aromatic rings. The van der Waals surface area contributed by atoms with Crippen LogP contribution in [-0.2, 0) is 6.42 Å². The number of nitrogens with zero attached hydrogens (tertiary/aromatic N) is 1. The van der Waals surface area contributed by atoms with Gasteiger partial charge in [-0.25, -0.2) is 4.98 Å². The Morgan fingerprint density at radius 3 is 2.75 bits per heavy atom. The Morgan fingerprint density at radius 2 is 2.12 bits per heavy atom. The van der Waals surface area contributed by atoms with Crippen molar-refractivity contribution in [2.24, 2.45) is 0 Å². The van der Waals surface area contributed by atoms with E-state index in [4.69, 9.17) is 4.42 Å². The van der Waals surface area contributed by atoms with Gasteiger partial charge in [0, 0.05) is 5.56 Å². The van der Waals surface area contributed by atoms with Crippen LogP contribution in [0.5, 0.6) is 0 Å². The van der Waals surface area contributed by atoms with E-state index in [0.29, 0.717) is 17.2 Å². The van der Waals surface area contributed by atoms with Crippen molar-refractivity contribution >= 4 is 11.9 Å². The van der Waals surface area contributed by atoms with Crippen LogP contribution >= 0.6 is 0 Å². The van der Waals surface area contributed by atoms with Crippen molar-refractivity contribution in [2.45, 2.75) is 6.42 Å². The van der Waals surface area contributed by atoms with E-state index in [9.17, 15) is 4.79 Å². The number of oxazole rings is 1. The highest BCUT2D eigenvalue weighted by Crippen LogP contribution is 2.09. The minimum Gasteiger partial charge on any atom is -0.441 e. The third kappa shape index (κ3) is 2.25. The van der Waals surface area contributed by atoms with Crippen LogP contribution < -0.4 is 0 Å². The van der Waals surface area contributed by atoms with Crippen LogP contribution in [0.1, 0.15) is 22.0 Å². The molecule has 0 saturated heterocycles. The molecule has 0 N–H and O–H groups in total. The summed E-state index contributed by atoms with van der Waals surface area (Å²) in [6.45, 7) is 3.54. The number of benzene rings is 1. The quantitative estimate of drug-likeness (QED) is 0.733. The summed E-state index contributed by atoms with van der Waals surface area (Å²) in [4.78, 5) is 15.7. The summed E-state index contributed by atoms with van der Waals surface area (Å²) < 4.78 is 5.27. The van der Waals surface area contributed by atoms with Crippen molar-refractivity contribution in [3.63, 3.8) is 0 Å². The van der Waals surface area contributed by atoms with Crippen LogP contribution in [-0.4, -0.2) is 10.8 Å². The third-order valence-electron chi connectivity index (χ3n) is 2.18. The molecular weight excluding hydrogens is 202 g/mol. The third-order valence-corrected chi connectivity index (χ3v) is 2.18. The van der Waals surface area contributed by atoms with E-state index in [1.165, 1.54) is 6.08 Å². The average molecular weight is 213 g/mol. The second-order valence-corrected chi connectivity index (χ2v) is 3.33. The number of ketones is 1. The first kappa shape index (κ1) is 10.4. The van der Waals surface area contributed by atoms with Crippen LogP contribution in [0.3, 0.4) is 0 Å². The first-order valence-electron chi connectivity index (χ1n) is 4.95. The van der Waals surface area contributed by atoms with Crippen molar-refractivity contribution in [2.75, 3.05) is 0 Å². The fourth-order valence-electron chi connectivity index (χ4n) is 1.38. The van der Waals surface area contributed by atoms with Crippen LogP contribution in [0.15, 0.2) is 47.5 Å². The van der Waals surface area contributed by atoms with E-state index in [1.807, 2.05) is 18.2 Å². The van der Waals surface area contributed by atoms with Crippen LogP contribution in [0, 0.1) is 0 Å². The lowest BCUT2D eigenvalue weighted by Gasteiger charge is -1.97. The van der Waals surface area contributed by atoms with E-state index in [0.717, 1.165) is 0 Å². The zero-order chi connectivity index (χ0) is 11.4. The zero-order valence-corrected chi connectivity index (χ0v) is 8.72. The van der Waals surface area contributed by atoms with E-state index in [2.05, 4.69) is 11.6 Å². The summed E-state index contributed by atoms with van der Waals surface area (Å²) in [6, 6.07) is 9.12. The summed E-state index contributed by atoms with van der Waals surface area (Å²) in [5.41, 5.74) is 0.680. The Hall–Kier alpha value is -2.16. The van der Waals surface area contributed by atoms with Gasteiger partial charge in [-0.2, -0.15) is 0 Å². The highest BCUT2D eigenvalue weighted by molar-refractivity contribution is 5.97. The summed E-state index contributed by atoms with van der Waals surface area (Å²) in [5.74, 6) is 1.02. The highest BCUT2D eigenvalue weighted by atomic mass is 16.4. The van der Waals surface area contributed by atoms with Crippen molar-refractivity contribution < 1.29 is 9.21 Å². The maximum absolute atomic E-state index is 11.8. The number of rotatable bonds is 4. The van der Waals surface area contributed by atoms with Gasteiger partial charge in [0.05, 0.1) is 12.6 Å². The minimum absolute atomic E-state index is 0.0207. The molecule has 0 amide bonds. The Labute approximate surface area is 93.4 Å². The second kappa shape index (κ2) is 4.57. The highest BCUT2D eigenvalue weighted by Gasteiger charge is 2.09. The molecule has 0 spiro atoms. The van der Waals surface area contributed by atoms with Gasteiger partial charge in [-0.15, -0.1) is 0 Å². The molecule has 3 nitrogen and oxygen atoms in total. The largest absolute Gasteiger partial charge is 0.441 e. The first-order valence-corrected chi connectivity index (χ1v) is 4.95. The molecule has 0 aliphatic carbocycles. The molecular formula is C13H11NO2. The molecule has 0 atom stereocenters. The monoisotopic (exact) mass is 213 g/mol. The number of Topliss-reactive ketones (excluding diaryl/α,β-unsaturated/α-hetero) is 1. The van der Waals surface area contributed by atoms with Crippen LogP contribution in [0.2, 0.25) is 0 Å². The molecule has 16 heavy (non-hydrogen) atoms. The maximum Gasteiger partial charge on any atom is 0.218 e. The summed E-state index contributed by atoms with van der Waals surface area (Å²) in [7, 11) is 0. The van der Waals surface area contributed by atoms with Gasteiger partial charge in [0.2, 0.25) is 5.89 Å². The number of carbonyl (C=O) groups is 1. The number of hydrogen-bond acceptors (Lipinski definition) is 3. The minimum atomic E-state index is 0.0207. The molecule has 2 rings (SSSR count). The lowest BCUT2D eigenvalue weighted by molar-refractivity contribution is 0.0987. The van der Waals surface area contributed by atoms with E-state index < -0.39 is 0 Å². The molecule has 0 aliphatic heterocycles. The first-order chi connectivity index (χ1) is 7.79. The van der Waals surface area contributed by atoms with E-state index >= 15 is 0 Å². The van der Waals surface area contributed by atoms with Crippen LogP contribution in [0.25, 0.3) is 6.08 Å². The Balaban J connectivity index is 2.11. The predicted octanol–water partition coefficient (Wildman–Crippen LogP) is 2.74. The average Bonchev–Trinajstić information content (AvgIpc) is 2.78.